The summed E-state index contributed by atoms with van der Waals surface area (Å²) in [6.07, 6.45) is 3.22. The van der Waals surface area contributed by atoms with Crippen LogP contribution in [0.1, 0.15) is 39.2 Å². The average Bonchev–Trinajstić information content (AvgIpc) is 2.67. The molecular weight excluding hydrogens is 318 g/mol. The van der Waals surface area contributed by atoms with E-state index < -0.39 is 0 Å². The number of hydrogen-bond donors (Lipinski definition) is 1. The Morgan fingerprint density at radius 3 is 2.80 bits per heavy atom. The Kier molecular flexibility index (Phi) is 5.10. The van der Waals surface area contributed by atoms with Gasteiger partial charge in [0, 0.05) is 6.04 Å². The SMILES string of the molecule is CC(N)Cc1ccc(OCC2CCC(C)(C)O2)c(Br)c1. The van der Waals surface area contributed by atoms with Gasteiger partial charge < -0.3 is 15.2 Å². The van der Waals surface area contributed by atoms with Crippen LogP contribution in [0.2, 0.25) is 0 Å². The molecular formula is C16H24BrNO2. The molecule has 1 saturated heterocycles. The highest BCUT2D eigenvalue weighted by Gasteiger charge is 2.31. The van der Waals surface area contributed by atoms with E-state index in [0.717, 1.165) is 29.5 Å². The topological polar surface area (TPSA) is 44.5 Å². The summed E-state index contributed by atoms with van der Waals surface area (Å²) in [5.74, 6) is 0.867. The molecule has 0 aromatic heterocycles. The van der Waals surface area contributed by atoms with Gasteiger partial charge >= 0.3 is 0 Å². The molecule has 1 aliphatic heterocycles. The van der Waals surface area contributed by atoms with Gasteiger partial charge in [0.1, 0.15) is 12.4 Å². The second-order valence-corrected chi connectivity index (χ2v) is 7.15. The van der Waals surface area contributed by atoms with Gasteiger partial charge in [-0.15, -0.1) is 0 Å². The van der Waals surface area contributed by atoms with Crippen LogP contribution in [-0.4, -0.2) is 24.4 Å². The van der Waals surface area contributed by atoms with E-state index in [0.29, 0.717) is 6.61 Å². The highest BCUT2D eigenvalue weighted by Crippen LogP contribution is 2.31. The molecule has 2 atom stereocenters. The van der Waals surface area contributed by atoms with Crippen molar-refractivity contribution in [1.29, 1.82) is 0 Å². The van der Waals surface area contributed by atoms with E-state index >= 15 is 0 Å². The van der Waals surface area contributed by atoms with Crippen molar-refractivity contribution in [2.45, 2.75) is 57.8 Å². The van der Waals surface area contributed by atoms with Gasteiger partial charge in [0.25, 0.3) is 0 Å². The summed E-state index contributed by atoms with van der Waals surface area (Å²) < 4.78 is 12.8. The lowest BCUT2D eigenvalue weighted by Crippen LogP contribution is -2.24. The maximum absolute atomic E-state index is 5.93. The van der Waals surface area contributed by atoms with E-state index in [1.54, 1.807) is 0 Å². The number of rotatable bonds is 5. The zero-order valence-corrected chi connectivity index (χ0v) is 14.1. The van der Waals surface area contributed by atoms with Crippen molar-refractivity contribution in [3.05, 3.63) is 28.2 Å². The van der Waals surface area contributed by atoms with E-state index in [4.69, 9.17) is 15.2 Å². The minimum Gasteiger partial charge on any atom is -0.490 e. The molecule has 112 valence electrons. The third kappa shape index (κ3) is 4.47. The third-order valence-corrected chi connectivity index (χ3v) is 4.15. The van der Waals surface area contributed by atoms with Crippen LogP contribution in [0.4, 0.5) is 0 Å². The predicted molar refractivity (Wildman–Crippen MR) is 85.2 cm³/mol. The molecule has 1 aromatic carbocycles. The van der Waals surface area contributed by atoms with Crippen LogP contribution >= 0.6 is 15.9 Å². The van der Waals surface area contributed by atoms with Crippen LogP contribution in [0.25, 0.3) is 0 Å². The van der Waals surface area contributed by atoms with Gasteiger partial charge in [-0.1, -0.05) is 6.07 Å². The summed E-state index contributed by atoms with van der Waals surface area (Å²) in [7, 11) is 0. The second kappa shape index (κ2) is 6.46. The Bertz CT molecular complexity index is 460. The lowest BCUT2D eigenvalue weighted by molar-refractivity contribution is -0.0327. The first-order valence-corrected chi connectivity index (χ1v) is 8.00. The number of halogens is 1. The Morgan fingerprint density at radius 1 is 1.50 bits per heavy atom. The molecule has 0 radical (unpaired) electrons. The Hall–Kier alpha value is -0.580. The largest absolute Gasteiger partial charge is 0.490 e. The van der Waals surface area contributed by atoms with E-state index in [9.17, 15) is 0 Å². The number of nitrogens with two attached hydrogens (primary N) is 1. The molecule has 4 heteroatoms. The lowest BCUT2D eigenvalue weighted by atomic mass is 10.1. The van der Waals surface area contributed by atoms with Crippen molar-refractivity contribution in [2.75, 3.05) is 6.61 Å². The zero-order chi connectivity index (χ0) is 14.8. The van der Waals surface area contributed by atoms with Crippen molar-refractivity contribution in [1.82, 2.24) is 0 Å². The van der Waals surface area contributed by atoms with Gasteiger partial charge in [-0.25, -0.2) is 0 Å². The minimum absolute atomic E-state index is 0.00756. The molecule has 1 fully saturated rings. The van der Waals surface area contributed by atoms with Crippen LogP contribution in [0, 0.1) is 0 Å². The zero-order valence-electron chi connectivity index (χ0n) is 12.5. The van der Waals surface area contributed by atoms with Crippen LogP contribution in [0.3, 0.4) is 0 Å². The average molecular weight is 342 g/mol. The van der Waals surface area contributed by atoms with Crippen LogP contribution < -0.4 is 10.5 Å². The molecule has 20 heavy (non-hydrogen) atoms. The Labute approximate surface area is 130 Å². The van der Waals surface area contributed by atoms with E-state index in [1.165, 1.54) is 5.56 Å². The van der Waals surface area contributed by atoms with E-state index in [2.05, 4.69) is 41.9 Å². The maximum atomic E-state index is 5.93. The fourth-order valence-corrected chi connectivity index (χ4v) is 3.08. The van der Waals surface area contributed by atoms with Gasteiger partial charge in [0.15, 0.2) is 0 Å². The highest BCUT2D eigenvalue weighted by atomic mass is 79.9. The molecule has 1 aliphatic rings. The van der Waals surface area contributed by atoms with Gasteiger partial charge in [-0.3, -0.25) is 0 Å². The Balaban J connectivity index is 1.90. The molecule has 1 aromatic rings. The summed E-state index contributed by atoms with van der Waals surface area (Å²) in [6.45, 7) is 6.88. The maximum Gasteiger partial charge on any atom is 0.133 e. The molecule has 2 N–H and O–H groups in total. The lowest BCUT2D eigenvalue weighted by Gasteiger charge is -2.19. The summed E-state index contributed by atoms with van der Waals surface area (Å²) >= 11 is 3.56. The molecule has 1 heterocycles. The minimum atomic E-state index is -0.00756. The van der Waals surface area contributed by atoms with Gasteiger partial charge in [0.05, 0.1) is 16.2 Å². The van der Waals surface area contributed by atoms with Crippen molar-refractivity contribution in [3.8, 4) is 5.75 Å². The molecule has 0 bridgehead atoms. The third-order valence-electron chi connectivity index (χ3n) is 3.53. The van der Waals surface area contributed by atoms with Gasteiger partial charge in [-0.2, -0.15) is 0 Å². The highest BCUT2D eigenvalue weighted by molar-refractivity contribution is 9.10. The first kappa shape index (κ1) is 15.8. The van der Waals surface area contributed by atoms with Crippen molar-refractivity contribution >= 4 is 15.9 Å². The molecule has 0 spiro atoms. The summed E-state index contributed by atoms with van der Waals surface area (Å²) in [5, 5.41) is 0. The summed E-state index contributed by atoms with van der Waals surface area (Å²) in [5.41, 5.74) is 7.03. The van der Waals surface area contributed by atoms with Crippen LogP contribution in [0.15, 0.2) is 22.7 Å². The van der Waals surface area contributed by atoms with Crippen LogP contribution in [-0.2, 0) is 11.2 Å². The standard InChI is InChI=1S/C16H24BrNO2/c1-11(18)8-12-4-5-15(14(17)9-12)19-10-13-6-7-16(2,3)20-13/h4-5,9,11,13H,6-8,10,18H2,1-3H3. The van der Waals surface area contributed by atoms with Crippen LogP contribution in [0.5, 0.6) is 5.75 Å². The molecule has 3 nitrogen and oxygen atoms in total. The monoisotopic (exact) mass is 341 g/mol. The fraction of sp³-hybridized carbons (Fsp3) is 0.625. The first-order valence-electron chi connectivity index (χ1n) is 7.20. The molecule has 0 saturated carbocycles. The molecule has 0 amide bonds. The molecule has 2 unspecified atom stereocenters. The fourth-order valence-electron chi connectivity index (χ4n) is 2.54. The first-order chi connectivity index (χ1) is 9.35. The Morgan fingerprint density at radius 2 is 2.25 bits per heavy atom. The van der Waals surface area contributed by atoms with Crippen molar-refractivity contribution < 1.29 is 9.47 Å². The molecule has 2 rings (SSSR count). The van der Waals surface area contributed by atoms with Crippen molar-refractivity contribution in [2.24, 2.45) is 5.73 Å². The second-order valence-electron chi connectivity index (χ2n) is 6.30. The van der Waals surface area contributed by atoms with Gasteiger partial charge in [-0.05, 0) is 73.7 Å². The molecule has 0 aliphatic carbocycles. The number of benzene rings is 1. The van der Waals surface area contributed by atoms with E-state index in [1.807, 2.05) is 13.0 Å². The number of ether oxygens (including phenoxy) is 2. The quantitative estimate of drug-likeness (QED) is 0.888. The smallest absolute Gasteiger partial charge is 0.133 e. The van der Waals surface area contributed by atoms with Gasteiger partial charge in [0.2, 0.25) is 0 Å². The summed E-state index contributed by atoms with van der Waals surface area (Å²) in [6, 6.07) is 6.32. The predicted octanol–water partition coefficient (Wildman–Crippen LogP) is 3.68. The number of hydrogen-bond acceptors (Lipinski definition) is 3. The normalized spacial score (nSPS) is 22.8. The van der Waals surface area contributed by atoms with Crippen molar-refractivity contribution in [3.63, 3.8) is 0 Å². The summed E-state index contributed by atoms with van der Waals surface area (Å²) in [4.78, 5) is 0. The van der Waals surface area contributed by atoms with E-state index in [-0.39, 0.29) is 17.7 Å².